The number of halogens is 1. The summed E-state index contributed by atoms with van der Waals surface area (Å²) in [5.74, 6) is -1.42. The Balaban J connectivity index is 2.02. The van der Waals surface area contributed by atoms with Gasteiger partial charge in [0, 0.05) is 12.6 Å². The highest BCUT2D eigenvalue weighted by molar-refractivity contribution is 6.06. The lowest BCUT2D eigenvalue weighted by atomic mass is 9.79. The van der Waals surface area contributed by atoms with Gasteiger partial charge in [-0.25, -0.2) is 14.2 Å². The van der Waals surface area contributed by atoms with Crippen molar-refractivity contribution in [3.8, 4) is 0 Å². The summed E-state index contributed by atoms with van der Waals surface area (Å²) >= 11 is 0. The molecule has 0 radical (unpaired) electrons. The molecule has 1 N–H and O–H groups in total. The summed E-state index contributed by atoms with van der Waals surface area (Å²) in [6.07, 6.45) is -0.739. The first-order chi connectivity index (χ1) is 12.1. The topological polar surface area (TPSA) is 80.2 Å². The molecule has 1 fully saturated rings. The molecular formula is C18H22FN3O4. The van der Waals surface area contributed by atoms with Crippen molar-refractivity contribution >= 4 is 18.0 Å². The Hall–Kier alpha value is -2.48. The van der Waals surface area contributed by atoms with Crippen LogP contribution in [0.15, 0.2) is 29.3 Å². The molecule has 2 aliphatic heterocycles. The highest BCUT2D eigenvalue weighted by atomic mass is 19.1. The van der Waals surface area contributed by atoms with Crippen molar-refractivity contribution in [3.05, 3.63) is 35.6 Å². The molecule has 2 unspecified atom stereocenters. The molecule has 2 heterocycles. The van der Waals surface area contributed by atoms with Crippen molar-refractivity contribution in [2.75, 3.05) is 20.3 Å². The van der Waals surface area contributed by atoms with Gasteiger partial charge in [0.1, 0.15) is 17.0 Å². The molecule has 2 atom stereocenters. The molecule has 2 amide bonds. The number of nitrogens with one attached hydrogen (secondary N) is 1. The maximum atomic E-state index is 14.5. The second-order valence-electron chi connectivity index (χ2n) is 7.43. The van der Waals surface area contributed by atoms with Gasteiger partial charge in [-0.2, -0.15) is 0 Å². The second kappa shape index (κ2) is 6.35. The molecule has 8 heteroatoms. The summed E-state index contributed by atoms with van der Waals surface area (Å²) in [5, 5.41) is 2.50. The van der Waals surface area contributed by atoms with Crippen LogP contribution in [0.3, 0.4) is 0 Å². The predicted octanol–water partition coefficient (Wildman–Crippen LogP) is 2.02. The molecule has 3 rings (SSSR count). The zero-order valence-corrected chi connectivity index (χ0v) is 15.2. The van der Waals surface area contributed by atoms with E-state index >= 15 is 0 Å². The summed E-state index contributed by atoms with van der Waals surface area (Å²) in [6, 6.07) is 6.16. The van der Waals surface area contributed by atoms with Gasteiger partial charge in [0.25, 0.3) is 0 Å². The molecule has 2 aliphatic rings. The lowest BCUT2D eigenvalue weighted by Crippen LogP contribution is -2.57. The van der Waals surface area contributed by atoms with Gasteiger partial charge in [0.2, 0.25) is 11.9 Å². The van der Waals surface area contributed by atoms with Crippen LogP contribution in [0.1, 0.15) is 26.3 Å². The van der Waals surface area contributed by atoms with Crippen LogP contribution in [-0.4, -0.2) is 48.7 Å². The molecule has 7 nitrogen and oxygen atoms in total. The Bertz CT molecular complexity index is 774. The van der Waals surface area contributed by atoms with E-state index < -0.39 is 29.0 Å². The van der Waals surface area contributed by atoms with E-state index in [2.05, 4.69) is 10.3 Å². The van der Waals surface area contributed by atoms with Crippen LogP contribution in [0.2, 0.25) is 0 Å². The van der Waals surface area contributed by atoms with Crippen molar-refractivity contribution in [1.82, 2.24) is 10.2 Å². The van der Waals surface area contributed by atoms with Gasteiger partial charge in [-0.15, -0.1) is 0 Å². The van der Waals surface area contributed by atoms with Gasteiger partial charge in [-0.3, -0.25) is 15.0 Å². The minimum absolute atomic E-state index is 0.00857. The van der Waals surface area contributed by atoms with E-state index in [-0.39, 0.29) is 30.6 Å². The summed E-state index contributed by atoms with van der Waals surface area (Å²) in [5.41, 5.74) is -1.64. The van der Waals surface area contributed by atoms with Gasteiger partial charge < -0.3 is 9.47 Å². The van der Waals surface area contributed by atoms with Gasteiger partial charge in [0.05, 0.1) is 19.1 Å². The largest absolute Gasteiger partial charge is 0.444 e. The van der Waals surface area contributed by atoms with Crippen LogP contribution < -0.4 is 5.32 Å². The number of aliphatic imine (C=N–C) groups is 1. The molecule has 0 saturated carbocycles. The summed E-state index contributed by atoms with van der Waals surface area (Å²) in [4.78, 5) is 30.7. The van der Waals surface area contributed by atoms with E-state index in [0.717, 1.165) is 0 Å². The summed E-state index contributed by atoms with van der Waals surface area (Å²) in [7, 11) is 1.50. The third-order valence-corrected chi connectivity index (χ3v) is 4.39. The highest BCUT2D eigenvalue weighted by Gasteiger charge is 2.55. The van der Waals surface area contributed by atoms with Crippen molar-refractivity contribution in [1.29, 1.82) is 0 Å². The molecule has 1 aromatic carbocycles. The number of hydrogen-bond donors (Lipinski definition) is 1. The van der Waals surface area contributed by atoms with Gasteiger partial charge >= 0.3 is 6.09 Å². The normalized spacial score (nSPS) is 25.6. The Kier molecular flexibility index (Phi) is 4.47. The fraction of sp³-hybridized carbons (Fsp3) is 0.500. The van der Waals surface area contributed by atoms with Gasteiger partial charge in [-0.1, -0.05) is 18.2 Å². The van der Waals surface area contributed by atoms with Crippen LogP contribution in [0.4, 0.5) is 9.18 Å². The van der Waals surface area contributed by atoms with Crippen LogP contribution >= 0.6 is 0 Å². The number of ether oxygens (including phenoxy) is 2. The van der Waals surface area contributed by atoms with E-state index in [9.17, 15) is 14.0 Å². The van der Waals surface area contributed by atoms with E-state index in [0.29, 0.717) is 0 Å². The Morgan fingerprint density at radius 1 is 1.42 bits per heavy atom. The number of carbonyl (C=O) groups is 2. The quantitative estimate of drug-likeness (QED) is 0.828. The minimum Gasteiger partial charge on any atom is -0.444 e. The maximum absolute atomic E-state index is 14.5. The van der Waals surface area contributed by atoms with E-state index in [1.165, 1.54) is 18.0 Å². The van der Waals surface area contributed by atoms with E-state index in [1.807, 2.05) is 0 Å². The number of fused-ring (bicyclic) bond motifs is 1. The van der Waals surface area contributed by atoms with Crippen LogP contribution in [-0.2, 0) is 19.8 Å². The number of guanidine groups is 1. The Morgan fingerprint density at radius 3 is 2.77 bits per heavy atom. The third-order valence-electron chi connectivity index (χ3n) is 4.39. The molecule has 0 aliphatic carbocycles. The van der Waals surface area contributed by atoms with Crippen molar-refractivity contribution < 1.29 is 23.5 Å². The molecule has 0 bridgehead atoms. The molecule has 0 aromatic heterocycles. The molecular weight excluding hydrogens is 341 g/mol. The Morgan fingerprint density at radius 2 is 2.12 bits per heavy atom. The smallest absolute Gasteiger partial charge is 0.414 e. The van der Waals surface area contributed by atoms with Crippen LogP contribution in [0, 0.1) is 11.7 Å². The fourth-order valence-corrected chi connectivity index (χ4v) is 3.20. The number of hydrogen-bond acceptors (Lipinski definition) is 5. The summed E-state index contributed by atoms with van der Waals surface area (Å²) < 4.78 is 25.2. The number of benzene rings is 1. The Labute approximate surface area is 151 Å². The number of nitrogens with zero attached hydrogens (tertiary/aromatic N) is 2. The molecule has 26 heavy (non-hydrogen) atoms. The predicted molar refractivity (Wildman–Crippen MR) is 92.0 cm³/mol. The molecule has 1 aromatic rings. The first-order valence-corrected chi connectivity index (χ1v) is 8.34. The molecule has 140 valence electrons. The standard InChI is InChI=1S/C18H22FN3O4/c1-17(2,3)26-16(24)20-15-21-18(11-7-5-6-8-13(11)19)10-25-9-12(18)14(23)22(15)4/h5-8,12H,9-10H2,1-4H3,(H,20,21,24). The van der Waals surface area contributed by atoms with E-state index in [4.69, 9.17) is 9.47 Å². The van der Waals surface area contributed by atoms with Crippen molar-refractivity contribution in [2.45, 2.75) is 31.9 Å². The molecule has 0 spiro atoms. The average Bonchev–Trinajstić information content (AvgIpc) is 2.96. The van der Waals surface area contributed by atoms with Gasteiger partial charge in [0.15, 0.2) is 0 Å². The zero-order chi connectivity index (χ0) is 19.1. The van der Waals surface area contributed by atoms with Crippen LogP contribution in [0.25, 0.3) is 0 Å². The first-order valence-electron chi connectivity index (χ1n) is 8.34. The lowest BCUT2D eigenvalue weighted by molar-refractivity contribution is -0.133. The summed E-state index contributed by atoms with van der Waals surface area (Å²) in [6.45, 7) is 5.38. The van der Waals surface area contributed by atoms with Crippen molar-refractivity contribution in [3.63, 3.8) is 0 Å². The molecule has 1 saturated heterocycles. The SMILES string of the molecule is CN1C(=O)C2COCC2(c2ccccc2F)N=C1NC(=O)OC(C)(C)C. The number of rotatable bonds is 1. The highest BCUT2D eigenvalue weighted by Crippen LogP contribution is 2.43. The van der Waals surface area contributed by atoms with Gasteiger partial charge in [-0.05, 0) is 26.8 Å². The lowest BCUT2D eigenvalue weighted by Gasteiger charge is -2.38. The minimum atomic E-state index is -1.21. The number of carbonyl (C=O) groups excluding carboxylic acids is 2. The number of amides is 2. The number of alkyl carbamates (subject to hydrolysis) is 1. The third kappa shape index (κ3) is 3.16. The van der Waals surface area contributed by atoms with Crippen LogP contribution in [0.5, 0.6) is 0 Å². The zero-order valence-electron chi connectivity index (χ0n) is 15.2. The maximum Gasteiger partial charge on any atom is 0.414 e. The monoisotopic (exact) mass is 363 g/mol. The van der Waals surface area contributed by atoms with E-state index in [1.54, 1.807) is 39.0 Å². The van der Waals surface area contributed by atoms with Crippen molar-refractivity contribution in [2.24, 2.45) is 10.9 Å². The second-order valence-corrected chi connectivity index (χ2v) is 7.43. The average molecular weight is 363 g/mol. The fourth-order valence-electron chi connectivity index (χ4n) is 3.20. The first kappa shape index (κ1) is 18.3.